The first-order valence-electron chi connectivity index (χ1n) is 6.44. The topological polar surface area (TPSA) is 84.2 Å². The lowest BCUT2D eigenvalue weighted by molar-refractivity contribution is -0.117. The molecule has 0 saturated carbocycles. The summed E-state index contributed by atoms with van der Waals surface area (Å²) in [6, 6.07) is 4.64. The Hall–Kier alpha value is -1.88. The highest BCUT2D eigenvalue weighted by Crippen LogP contribution is 2.17. The molecule has 1 aromatic rings. The number of nitrogens with two attached hydrogens (primary N) is 1. The molecule has 0 aliphatic rings. The molecule has 1 atom stereocenters. The number of hydrogen-bond donors (Lipinski definition) is 3. The van der Waals surface area contributed by atoms with Crippen LogP contribution in [0.15, 0.2) is 18.2 Å². The van der Waals surface area contributed by atoms with Crippen molar-refractivity contribution in [3.63, 3.8) is 0 Å². The zero-order chi connectivity index (χ0) is 14.4. The van der Waals surface area contributed by atoms with Gasteiger partial charge < -0.3 is 16.4 Å². The summed E-state index contributed by atoms with van der Waals surface area (Å²) in [4.78, 5) is 23.4. The molecular formula is C14H21N3O2. The summed E-state index contributed by atoms with van der Waals surface area (Å²) >= 11 is 0. The predicted octanol–water partition coefficient (Wildman–Crippen LogP) is 1.42. The lowest BCUT2D eigenvalue weighted by Crippen LogP contribution is -2.35. The number of hydrogen-bond acceptors (Lipinski definition) is 3. The lowest BCUT2D eigenvalue weighted by atomic mass is 10.1. The number of nitrogens with one attached hydrogen (secondary N) is 2. The van der Waals surface area contributed by atoms with Crippen molar-refractivity contribution in [1.82, 2.24) is 5.32 Å². The molecule has 0 aromatic heterocycles. The number of carbonyl (C=O) groups is 2. The third-order valence-corrected chi connectivity index (χ3v) is 2.86. The fourth-order valence-corrected chi connectivity index (χ4v) is 1.62. The molecule has 5 heteroatoms. The van der Waals surface area contributed by atoms with Crippen LogP contribution in [0.5, 0.6) is 0 Å². The van der Waals surface area contributed by atoms with Crippen molar-refractivity contribution >= 4 is 17.5 Å². The molecule has 104 valence electrons. The van der Waals surface area contributed by atoms with E-state index in [-0.39, 0.29) is 11.8 Å². The van der Waals surface area contributed by atoms with Crippen LogP contribution in [-0.2, 0) is 4.79 Å². The van der Waals surface area contributed by atoms with Crippen LogP contribution in [0, 0.1) is 6.92 Å². The van der Waals surface area contributed by atoms with E-state index in [4.69, 9.17) is 5.73 Å². The molecule has 1 rings (SSSR count). The van der Waals surface area contributed by atoms with E-state index >= 15 is 0 Å². The van der Waals surface area contributed by atoms with Crippen molar-refractivity contribution in [2.45, 2.75) is 33.2 Å². The van der Waals surface area contributed by atoms with Crippen LogP contribution >= 0.6 is 0 Å². The minimum absolute atomic E-state index is 0.117. The van der Waals surface area contributed by atoms with Crippen LogP contribution in [-0.4, -0.2) is 24.4 Å². The number of benzene rings is 1. The molecule has 0 heterocycles. The first-order valence-corrected chi connectivity index (χ1v) is 6.44. The van der Waals surface area contributed by atoms with Gasteiger partial charge >= 0.3 is 0 Å². The molecule has 4 N–H and O–H groups in total. The van der Waals surface area contributed by atoms with E-state index in [2.05, 4.69) is 10.6 Å². The summed E-state index contributed by atoms with van der Waals surface area (Å²) in [7, 11) is 0. The highest BCUT2D eigenvalue weighted by atomic mass is 16.2. The second-order valence-electron chi connectivity index (χ2n) is 4.39. The Morgan fingerprint density at radius 2 is 2.00 bits per heavy atom. The highest BCUT2D eigenvalue weighted by molar-refractivity contribution is 5.97. The van der Waals surface area contributed by atoms with Crippen LogP contribution in [0.25, 0.3) is 0 Å². The summed E-state index contributed by atoms with van der Waals surface area (Å²) in [5, 5.41) is 5.49. The number of rotatable bonds is 5. The van der Waals surface area contributed by atoms with Gasteiger partial charge in [0, 0.05) is 17.8 Å². The second kappa shape index (κ2) is 6.89. The Labute approximate surface area is 113 Å². The fraction of sp³-hybridized carbons (Fsp3) is 0.429. The summed E-state index contributed by atoms with van der Waals surface area (Å²) in [6.07, 6.45) is 0.585. The molecule has 5 nitrogen and oxygen atoms in total. The van der Waals surface area contributed by atoms with E-state index in [0.717, 1.165) is 5.56 Å². The molecule has 0 spiro atoms. The van der Waals surface area contributed by atoms with Crippen molar-refractivity contribution in [3.8, 4) is 0 Å². The Bertz CT molecular complexity index is 472. The van der Waals surface area contributed by atoms with Crippen LogP contribution < -0.4 is 16.4 Å². The van der Waals surface area contributed by atoms with E-state index < -0.39 is 6.04 Å². The fourth-order valence-electron chi connectivity index (χ4n) is 1.62. The first-order chi connectivity index (χ1) is 8.99. The molecule has 2 amide bonds. The van der Waals surface area contributed by atoms with E-state index in [1.165, 1.54) is 0 Å². The number of aryl methyl sites for hydroxylation is 1. The minimum atomic E-state index is -0.512. The van der Waals surface area contributed by atoms with Gasteiger partial charge in [-0.15, -0.1) is 0 Å². The number of carbonyl (C=O) groups excluding carboxylic acids is 2. The average Bonchev–Trinajstić information content (AvgIpc) is 2.40. The van der Waals surface area contributed by atoms with Gasteiger partial charge in [0.25, 0.3) is 5.91 Å². The first kappa shape index (κ1) is 15.2. The maximum absolute atomic E-state index is 11.7. The molecule has 1 aromatic carbocycles. The summed E-state index contributed by atoms with van der Waals surface area (Å²) in [5.41, 5.74) is 7.75. The van der Waals surface area contributed by atoms with E-state index in [1.54, 1.807) is 18.2 Å². The van der Waals surface area contributed by atoms with Gasteiger partial charge in [-0.25, -0.2) is 0 Å². The molecule has 19 heavy (non-hydrogen) atoms. The molecule has 0 radical (unpaired) electrons. The van der Waals surface area contributed by atoms with Gasteiger partial charge in [0.1, 0.15) is 0 Å². The Morgan fingerprint density at radius 3 is 2.53 bits per heavy atom. The summed E-state index contributed by atoms with van der Waals surface area (Å²) < 4.78 is 0. The van der Waals surface area contributed by atoms with Gasteiger partial charge in [-0.05, 0) is 44.0 Å². The van der Waals surface area contributed by atoms with E-state index in [0.29, 0.717) is 24.2 Å². The van der Waals surface area contributed by atoms with Gasteiger partial charge in [0.15, 0.2) is 0 Å². The third-order valence-electron chi connectivity index (χ3n) is 2.86. The monoisotopic (exact) mass is 263 g/mol. The Morgan fingerprint density at radius 1 is 1.32 bits per heavy atom. The third kappa shape index (κ3) is 4.06. The predicted molar refractivity (Wildman–Crippen MR) is 76.1 cm³/mol. The maximum atomic E-state index is 11.7. The van der Waals surface area contributed by atoms with E-state index in [9.17, 15) is 9.59 Å². The van der Waals surface area contributed by atoms with Crippen molar-refractivity contribution < 1.29 is 9.59 Å². The number of amides is 2. The van der Waals surface area contributed by atoms with Crippen LogP contribution in [0.1, 0.15) is 36.2 Å². The minimum Gasteiger partial charge on any atom is -0.352 e. The SMILES string of the molecule is CCNC(=O)c1ccc(NC(=O)[C@H](N)CC)c(C)c1. The second-order valence-corrected chi connectivity index (χ2v) is 4.39. The van der Waals surface area contributed by atoms with Crippen LogP contribution in [0.4, 0.5) is 5.69 Å². The quantitative estimate of drug-likeness (QED) is 0.751. The molecule has 0 aliphatic carbocycles. The zero-order valence-electron chi connectivity index (χ0n) is 11.6. The van der Waals surface area contributed by atoms with Crippen LogP contribution in [0.2, 0.25) is 0 Å². The molecule has 0 fully saturated rings. The lowest BCUT2D eigenvalue weighted by Gasteiger charge is -2.13. The summed E-state index contributed by atoms with van der Waals surface area (Å²) in [5.74, 6) is -0.329. The van der Waals surface area contributed by atoms with E-state index in [1.807, 2.05) is 20.8 Å². The van der Waals surface area contributed by atoms with Gasteiger partial charge in [-0.1, -0.05) is 6.92 Å². The molecule has 0 aliphatic heterocycles. The Kier molecular flexibility index (Phi) is 5.51. The van der Waals surface area contributed by atoms with Crippen molar-refractivity contribution in [2.75, 3.05) is 11.9 Å². The molecule has 0 saturated heterocycles. The standard InChI is InChI=1S/C14H21N3O2/c1-4-11(15)14(19)17-12-7-6-10(8-9(12)3)13(18)16-5-2/h6-8,11H,4-5,15H2,1-3H3,(H,16,18)(H,17,19)/t11-/m1/s1. The van der Waals surface area contributed by atoms with Gasteiger partial charge in [-0.3, -0.25) is 9.59 Å². The van der Waals surface area contributed by atoms with Gasteiger partial charge in [0.05, 0.1) is 6.04 Å². The van der Waals surface area contributed by atoms with Crippen molar-refractivity contribution in [1.29, 1.82) is 0 Å². The van der Waals surface area contributed by atoms with Gasteiger partial charge in [0.2, 0.25) is 5.91 Å². The average molecular weight is 263 g/mol. The highest BCUT2D eigenvalue weighted by Gasteiger charge is 2.13. The van der Waals surface area contributed by atoms with Crippen LogP contribution in [0.3, 0.4) is 0 Å². The zero-order valence-corrected chi connectivity index (χ0v) is 11.6. The Balaban J connectivity index is 2.83. The van der Waals surface area contributed by atoms with Crippen molar-refractivity contribution in [3.05, 3.63) is 29.3 Å². The molecule has 0 unspecified atom stereocenters. The number of anilines is 1. The maximum Gasteiger partial charge on any atom is 0.251 e. The normalized spacial score (nSPS) is 11.8. The van der Waals surface area contributed by atoms with Gasteiger partial charge in [-0.2, -0.15) is 0 Å². The smallest absolute Gasteiger partial charge is 0.251 e. The molecular weight excluding hydrogens is 242 g/mol. The molecule has 0 bridgehead atoms. The largest absolute Gasteiger partial charge is 0.352 e. The summed E-state index contributed by atoms with van der Waals surface area (Å²) in [6.45, 7) is 6.15. The van der Waals surface area contributed by atoms with Crippen molar-refractivity contribution in [2.24, 2.45) is 5.73 Å².